The molecule has 1 aliphatic rings. The summed E-state index contributed by atoms with van der Waals surface area (Å²) in [6.07, 6.45) is -1.93. The van der Waals surface area contributed by atoms with Crippen LogP contribution in [-0.4, -0.2) is 50.0 Å². The first-order valence-corrected chi connectivity index (χ1v) is 14.2. The van der Waals surface area contributed by atoms with E-state index in [1.165, 1.54) is 24.7 Å². The first-order chi connectivity index (χ1) is 18.4. The fraction of sp³-hybridized carbons (Fsp3) is 0.435. The predicted octanol–water partition coefficient (Wildman–Crippen LogP) is 6.48. The first kappa shape index (κ1) is 29.7. The van der Waals surface area contributed by atoms with Gasteiger partial charge in [-0.3, -0.25) is 9.59 Å². The third-order valence-electron chi connectivity index (χ3n) is 6.14. The fourth-order valence-electron chi connectivity index (χ4n) is 4.38. The second kappa shape index (κ2) is 9.69. The highest BCUT2D eigenvalue weighted by molar-refractivity contribution is 8.45. The molecule has 3 heterocycles. The average Bonchev–Trinajstić information content (AvgIpc) is 3.38. The van der Waals surface area contributed by atoms with Crippen LogP contribution in [-0.2, 0) is 23.8 Å². The van der Waals surface area contributed by atoms with Crippen LogP contribution in [0.1, 0.15) is 51.9 Å². The lowest BCUT2D eigenvalue weighted by Crippen LogP contribution is -2.38. The van der Waals surface area contributed by atoms with Gasteiger partial charge in [0.05, 0.1) is 11.6 Å². The highest BCUT2D eigenvalue weighted by atomic mass is 35.5. The maximum absolute atomic E-state index is 13.1. The molecule has 17 heteroatoms. The van der Waals surface area contributed by atoms with Gasteiger partial charge < -0.3 is 19.5 Å². The molecule has 4 rings (SSSR count). The van der Waals surface area contributed by atoms with Gasteiger partial charge in [0.2, 0.25) is 5.28 Å². The second-order valence-corrected chi connectivity index (χ2v) is 11.9. The van der Waals surface area contributed by atoms with E-state index in [0.717, 1.165) is 12.1 Å². The summed E-state index contributed by atoms with van der Waals surface area (Å²) in [5.41, 5.74) is 0.399. The van der Waals surface area contributed by atoms with Crippen LogP contribution in [0, 0.1) is 0 Å². The van der Waals surface area contributed by atoms with Crippen molar-refractivity contribution >= 4 is 50.6 Å². The number of esters is 2. The Kier molecular flexibility index (Phi) is 7.21. The highest BCUT2D eigenvalue weighted by Gasteiger charge is 2.65. The van der Waals surface area contributed by atoms with Crippen LogP contribution in [0.4, 0.5) is 25.2 Å². The third-order valence-corrected chi connectivity index (χ3v) is 7.47. The maximum atomic E-state index is 13.1. The monoisotopic (exact) mass is 613 g/mol. The number of hydrogen-bond acceptors (Lipinski definition) is 9. The van der Waals surface area contributed by atoms with Crippen molar-refractivity contribution in [3.05, 3.63) is 41.3 Å². The zero-order valence-electron chi connectivity index (χ0n) is 21.5. The Balaban J connectivity index is 1.68. The van der Waals surface area contributed by atoms with Crippen molar-refractivity contribution in [1.82, 2.24) is 19.7 Å². The third kappa shape index (κ3) is 6.23. The quantitative estimate of drug-likeness (QED) is 0.173. The van der Waals surface area contributed by atoms with E-state index < -0.39 is 57.6 Å². The molecular formula is C23H25ClF5N5O5S. The molecule has 0 radical (unpaired) electrons. The molecular weight excluding hydrogens is 589 g/mol. The summed E-state index contributed by atoms with van der Waals surface area (Å²) in [4.78, 5) is 29.9. The number of aromatic nitrogens is 4. The number of ether oxygens (including phenoxy) is 3. The zero-order chi connectivity index (χ0) is 29.7. The number of benzene rings is 1. The molecule has 10 nitrogen and oxygen atoms in total. The molecule has 1 unspecified atom stereocenters. The molecule has 0 saturated carbocycles. The van der Waals surface area contributed by atoms with Crippen LogP contribution in [0.3, 0.4) is 0 Å². The van der Waals surface area contributed by atoms with Crippen molar-refractivity contribution in [3.8, 4) is 0 Å². The molecule has 1 aromatic carbocycles. The number of fused-ring (bicyclic) bond motifs is 1. The van der Waals surface area contributed by atoms with E-state index in [0.29, 0.717) is 23.9 Å². The van der Waals surface area contributed by atoms with Gasteiger partial charge in [-0.25, -0.2) is 4.68 Å². The number of anilines is 1. The number of rotatable bonds is 8. The molecule has 1 N–H and O–H groups in total. The molecule has 1 fully saturated rings. The van der Waals surface area contributed by atoms with Crippen LogP contribution in [0.25, 0.3) is 11.0 Å². The predicted molar refractivity (Wildman–Crippen MR) is 136 cm³/mol. The number of carbonyl (C=O) groups is 2. The van der Waals surface area contributed by atoms with E-state index in [1.807, 2.05) is 0 Å². The van der Waals surface area contributed by atoms with Crippen LogP contribution in [0.2, 0.25) is 5.28 Å². The summed E-state index contributed by atoms with van der Waals surface area (Å²) in [6, 6.07) is 1.81. The summed E-state index contributed by atoms with van der Waals surface area (Å²) in [5, 5.41) is 7.37. The van der Waals surface area contributed by atoms with Crippen molar-refractivity contribution in [2.24, 2.45) is 0 Å². The Morgan fingerprint density at radius 2 is 1.68 bits per heavy atom. The van der Waals surface area contributed by atoms with E-state index in [2.05, 4.69) is 20.4 Å². The number of nitrogens with one attached hydrogen (secondary N) is 1. The van der Waals surface area contributed by atoms with Crippen molar-refractivity contribution in [1.29, 1.82) is 0 Å². The topological polar surface area (TPSA) is 117 Å². The van der Waals surface area contributed by atoms with Crippen molar-refractivity contribution < 1.29 is 43.2 Å². The molecule has 2 aromatic heterocycles. The molecule has 0 amide bonds. The second-order valence-electron chi connectivity index (χ2n) is 9.19. The molecule has 0 bridgehead atoms. The van der Waals surface area contributed by atoms with Crippen LogP contribution in [0.5, 0.6) is 0 Å². The summed E-state index contributed by atoms with van der Waals surface area (Å²) in [5.74, 6) is -1.12. The molecule has 0 spiro atoms. The summed E-state index contributed by atoms with van der Waals surface area (Å²) in [7, 11) is -9.81. The molecule has 1 aliphatic heterocycles. The SMILES string of the molecule is CC[C@H]1O[C@@H](n2ncc3c(N[C@H](C)c4ccc(S(F)(F)(F)(F)F)cc4)nc(Cl)nc32)[C@@H](OC(C)=O)C1OC(C)=O. The Hall–Kier alpha value is -3.24. The van der Waals surface area contributed by atoms with Gasteiger partial charge in [0, 0.05) is 19.9 Å². The molecule has 220 valence electrons. The van der Waals surface area contributed by atoms with Gasteiger partial charge in [0.25, 0.3) is 0 Å². The normalized spacial score (nSPS) is 23.8. The van der Waals surface area contributed by atoms with Crippen LogP contribution >= 0.6 is 21.8 Å². The van der Waals surface area contributed by atoms with Gasteiger partial charge in [-0.05, 0) is 42.6 Å². The van der Waals surface area contributed by atoms with Gasteiger partial charge in [-0.2, -0.15) is 15.1 Å². The van der Waals surface area contributed by atoms with E-state index in [9.17, 15) is 29.0 Å². The highest BCUT2D eigenvalue weighted by Crippen LogP contribution is 3.02. The summed E-state index contributed by atoms with van der Waals surface area (Å²) in [6.45, 7) is 5.77. The van der Waals surface area contributed by atoms with E-state index in [-0.39, 0.29) is 22.3 Å². The van der Waals surface area contributed by atoms with Gasteiger partial charge in [-0.15, -0.1) is 0 Å². The van der Waals surface area contributed by atoms with Gasteiger partial charge in [0.1, 0.15) is 16.8 Å². The van der Waals surface area contributed by atoms with Crippen molar-refractivity contribution in [2.45, 2.75) is 69.6 Å². The van der Waals surface area contributed by atoms with E-state index in [1.54, 1.807) is 13.8 Å². The molecule has 1 saturated heterocycles. The number of hydrogen-bond donors (Lipinski definition) is 1. The summed E-state index contributed by atoms with van der Waals surface area (Å²) >= 11 is 6.16. The van der Waals surface area contributed by atoms with E-state index >= 15 is 0 Å². The molecule has 0 aliphatic carbocycles. The minimum absolute atomic E-state index is 0.135. The van der Waals surface area contributed by atoms with Gasteiger partial charge in [0.15, 0.2) is 24.1 Å². The Morgan fingerprint density at radius 1 is 1.07 bits per heavy atom. The Bertz CT molecular complexity index is 1460. The molecule has 3 aromatic rings. The molecule has 40 heavy (non-hydrogen) atoms. The molecule has 5 atom stereocenters. The van der Waals surface area contributed by atoms with Crippen molar-refractivity contribution in [3.63, 3.8) is 0 Å². The maximum Gasteiger partial charge on any atom is 0.310 e. The largest absolute Gasteiger partial charge is 0.456 e. The smallest absolute Gasteiger partial charge is 0.310 e. The van der Waals surface area contributed by atoms with Crippen molar-refractivity contribution in [2.75, 3.05) is 5.32 Å². The standard InChI is InChI=1S/C23H25ClF5N5O5S/c1-5-17-18(37-12(3)35)19(38-13(4)36)22(39-17)34-21-16(10-30-34)20(32-23(24)33-21)31-11(2)14-6-8-15(9-7-14)40(25,26,27,28)29/h6-11,17-19,22H,5H2,1-4H3,(H,31,32,33)/t11-,17-,18?,19+,22-/m1/s1. The number of carbonyl (C=O) groups excluding carboxylic acids is 2. The lowest BCUT2D eigenvalue weighted by molar-refractivity contribution is -0.165. The van der Waals surface area contributed by atoms with Crippen LogP contribution in [0.15, 0.2) is 35.4 Å². The first-order valence-electron chi connectivity index (χ1n) is 11.9. The lowest BCUT2D eigenvalue weighted by atomic mass is 10.1. The zero-order valence-corrected chi connectivity index (χ0v) is 23.1. The Labute approximate surface area is 229 Å². The Morgan fingerprint density at radius 3 is 2.23 bits per heavy atom. The van der Waals surface area contributed by atoms with Gasteiger partial charge in [-0.1, -0.05) is 38.5 Å². The summed E-state index contributed by atoms with van der Waals surface area (Å²) < 4.78 is 83.6. The van der Waals surface area contributed by atoms with E-state index in [4.69, 9.17) is 25.8 Å². The minimum atomic E-state index is -9.81. The fourth-order valence-corrected chi connectivity index (χ4v) is 5.20. The lowest BCUT2D eigenvalue weighted by Gasteiger charge is -2.40. The minimum Gasteiger partial charge on any atom is -0.456 e. The van der Waals surface area contributed by atoms with Gasteiger partial charge >= 0.3 is 22.2 Å². The number of halogens is 6. The average molecular weight is 614 g/mol. The van der Waals surface area contributed by atoms with Crippen LogP contribution < -0.4 is 5.32 Å². The number of nitrogens with zero attached hydrogens (tertiary/aromatic N) is 4.